The van der Waals surface area contributed by atoms with Gasteiger partial charge in [-0.25, -0.2) is 4.79 Å². The molecule has 5 heteroatoms. The first-order chi connectivity index (χ1) is 8.67. The second kappa shape index (κ2) is 6.11. The number of benzene rings is 1. The van der Waals surface area contributed by atoms with Gasteiger partial charge in [0.05, 0.1) is 17.8 Å². The number of hydrogen-bond acceptors (Lipinski definition) is 3. The molecule has 4 nitrogen and oxygen atoms in total. The zero-order valence-electron chi connectivity index (χ0n) is 11.8. The van der Waals surface area contributed by atoms with Crippen LogP contribution in [0.15, 0.2) is 18.2 Å². The lowest BCUT2D eigenvalue weighted by Gasteiger charge is -2.23. The molecule has 0 bridgehead atoms. The van der Waals surface area contributed by atoms with Crippen molar-refractivity contribution in [1.82, 2.24) is 0 Å². The highest BCUT2D eigenvalue weighted by molar-refractivity contribution is 6.32. The molecule has 0 aromatic heterocycles. The zero-order valence-corrected chi connectivity index (χ0v) is 11.8. The molecule has 1 N–H and O–H groups in total. The summed E-state index contributed by atoms with van der Waals surface area (Å²) in [6, 6.07) is 4.44. The molecule has 0 heterocycles. The number of carboxylic acids is 1. The van der Waals surface area contributed by atoms with Gasteiger partial charge in [-0.3, -0.25) is 0 Å². The van der Waals surface area contributed by atoms with E-state index in [1.54, 1.807) is 6.07 Å². The molecule has 0 spiro atoms. The average Bonchev–Trinajstić information content (AvgIpc) is 2.24. The number of aromatic carboxylic acids is 1. The van der Waals surface area contributed by atoms with Crippen molar-refractivity contribution in [3.63, 3.8) is 0 Å². The van der Waals surface area contributed by atoms with Gasteiger partial charge in [-0.2, -0.15) is 0 Å². The average molecular weight is 262 g/mol. The molecular formula is C14H19BO4. The van der Waals surface area contributed by atoms with Crippen LogP contribution in [-0.4, -0.2) is 37.2 Å². The number of carbonyl (C=O) groups is 1. The number of rotatable bonds is 5. The first-order valence-corrected chi connectivity index (χ1v) is 6.12. The molecule has 0 aliphatic carbocycles. The van der Waals surface area contributed by atoms with Gasteiger partial charge in [0.1, 0.15) is 19.7 Å². The standard InChI is InChI=1S/C14H19BO4/c1-9(8-18-14(2,3)4)19-12-6-10(13(16)17)5-11(15)7-12/h5-7,9H,8H2,1-4H3,(H,16,17)/t9-/m0/s1. The minimum absolute atomic E-state index is 0.110. The third kappa shape index (κ3) is 5.79. The molecule has 0 fully saturated rings. The predicted molar refractivity (Wildman–Crippen MR) is 74.6 cm³/mol. The number of ether oxygens (including phenoxy) is 2. The Labute approximate surface area is 115 Å². The number of carboxylic acid groups (broad SMARTS) is 1. The highest BCUT2D eigenvalue weighted by atomic mass is 16.5. The van der Waals surface area contributed by atoms with Crippen molar-refractivity contribution in [2.75, 3.05) is 6.61 Å². The first kappa shape index (κ1) is 15.6. The molecule has 1 aromatic rings. The lowest BCUT2D eigenvalue weighted by molar-refractivity contribution is -0.0374. The maximum atomic E-state index is 10.9. The summed E-state index contributed by atoms with van der Waals surface area (Å²) in [6.07, 6.45) is -0.192. The van der Waals surface area contributed by atoms with Crippen molar-refractivity contribution >= 4 is 19.3 Å². The summed E-state index contributed by atoms with van der Waals surface area (Å²) < 4.78 is 11.2. The van der Waals surface area contributed by atoms with Crippen LogP contribution in [0.5, 0.6) is 5.75 Å². The van der Waals surface area contributed by atoms with Crippen LogP contribution in [0, 0.1) is 0 Å². The van der Waals surface area contributed by atoms with E-state index >= 15 is 0 Å². The predicted octanol–water partition coefficient (Wildman–Crippen LogP) is 1.76. The van der Waals surface area contributed by atoms with Gasteiger partial charge in [0.15, 0.2) is 0 Å². The largest absolute Gasteiger partial charge is 0.488 e. The zero-order chi connectivity index (χ0) is 14.6. The topological polar surface area (TPSA) is 55.8 Å². The molecule has 1 atom stereocenters. The van der Waals surface area contributed by atoms with Gasteiger partial charge < -0.3 is 14.6 Å². The van der Waals surface area contributed by atoms with Gasteiger partial charge in [0.2, 0.25) is 0 Å². The molecule has 0 aliphatic heterocycles. The summed E-state index contributed by atoms with van der Waals surface area (Å²) in [6.45, 7) is 8.16. The maximum Gasteiger partial charge on any atom is 0.335 e. The van der Waals surface area contributed by atoms with E-state index in [0.29, 0.717) is 17.8 Å². The van der Waals surface area contributed by atoms with Crippen LogP contribution < -0.4 is 10.2 Å². The highest BCUT2D eigenvalue weighted by Gasteiger charge is 2.14. The van der Waals surface area contributed by atoms with Gasteiger partial charge in [0.25, 0.3) is 0 Å². The van der Waals surface area contributed by atoms with Gasteiger partial charge in [-0.1, -0.05) is 11.5 Å². The SMILES string of the molecule is [B]c1cc(O[C@@H](C)COC(C)(C)C)cc(C(=O)O)c1. The van der Waals surface area contributed by atoms with E-state index in [-0.39, 0.29) is 17.3 Å². The lowest BCUT2D eigenvalue weighted by atomic mass is 9.94. The van der Waals surface area contributed by atoms with Crippen LogP contribution in [0.1, 0.15) is 38.1 Å². The lowest BCUT2D eigenvalue weighted by Crippen LogP contribution is -2.28. The Morgan fingerprint density at radius 1 is 1.37 bits per heavy atom. The highest BCUT2D eigenvalue weighted by Crippen LogP contribution is 2.15. The third-order valence-electron chi connectivity index (χ3n) is 2.26. The van der Waals surface area contributed by atoms with Gasteiger partial charge >= 0.3 is 5.97 Å². The minimum atomic E-state index is -1.03. The van der Waals surface area contributed by atoms with E-state index in [2.05, 4.69) is 0 Å². The Balaban J connectivity index is 2.68. The summed E-state index contributed by atoms with van der Waals surface area (Å²) in [5.74, 6) is -0.599. The van der Waals surface area contributed by atoms with Crippen molar-refractivity contribution in [3.8, 4) is 5.75 Å². The Hall–Kier alpha value is -1.49. The second-order valence-corrected chi connectivity index (χ2v) is 5.45. The van der Waals surface area contributed by atoms with E-state index in [4.69, 9.17) is 22.4 Å². The van der Waals surface area contributed by atoms with E-state index in [9.17, 15) is 4.79 Å². The van der Waals surface area contributed by atoms with Crippen LogP contribution in [0.25, 0.3) is 0 Å². The summed E-state index contributed by atoms with van der Waals surface area (Å²) in [4.78, 5) is 10.9. The molecule has 0 amide bonds. The smallest absolute Gasteiger partial charge is 0.335 e. The first-order valence-electron chi connectivity index (χ1n) is 6.12. The van der Waals surface area contributed by atoms with Crippen LogP contribution in [-0.2, 0) is 4.74 Å². The van der Waals surface area contributed by atoms with E-state index < -0.39 is 5.97 Å². The van der Waals surface area contributed by atoms with E-state index in [0.717, 1.165) is 0 Å². The Morgan fingerprint density at radius 3 is 2.53 bits per heavy atom. The molecule has 1 aromatic carbocycles. The van der Waals surface area contributed by atoms with E-state index in [1.807, 2.05) is 27.7 Å². The van der Waals surface area contributed by atoms with Gasteiger partial charge in [-0.15, -0.1) is 0 Å². The quantitative estimate of drug-likeness (QED) is 0.821. The van der Waals surface area contributed by atoms with Crippen molar-refractivity contribution in [3.05, 3.63) is 23.8 Å². The van der Waals surface area contributed by atoms with Gasteiger partial charge in [0, 0.05) is 0 Å². The minimum Gasteiger partial charge on any atom is -0.488 e. The third-order valence-corrected chi connectivity index (χ3v) is 2.26. The molecule has 0 saturated carbocycles. The monoisotopic (exact) mass is 262 g/mol. The molecule has 102 valence electrons. The summed E-state index contributed by atoms with van der Waals surface area (Å²) in [5, 5.41) is 8.94. The summed E-state index contributed by atoms with van der Waals surface area (Å²) in [5.41, 5.74) is 0.234. The summed E-state index contributed by atoms with van der Waals surface area (Å²) in [7, 11) is 5.64. The van der Waals surface area contributed by atoms with Crippen LogP contribution in [0.4, 0.5) is 0 Å². The second-order valence-electron chi connectivity index (χ2n) is 5.45. The van der Waals surface area contributed by atoms with E-state index in [1.165, 1.54) is 12.1 Å². The van der Waals surface area contributed by atoms with Crippen LogP contribution in [0.3, 0.4) is 0 Å². The fraction of sp³-hybridized carbons (Fsp3) is 0.500. The fourth-order valence-electron chi connectivity index (χ4n) is 1.45. The molecular weight excluding hydrogens is 243 g/mol. The van der Waals surface area contributed by atoms with Crippen LogP contribution >= 0.6 is 0 Å². The van der Waals surface area contributed by atoms with Crippen molar-refractivity contribution in [1.29, 1.82) is 0 Å². The van der Waals surface area contributed by atoms with Crippen molar-refractivity contribution in [2.45, 2.75) is 39.4 Å². The van der Waals surface area contributed by atoms with Crippen LogP contribution in [0.2, 0.25) is 0 Å². The molecule has 0 aliphatic rings. The Bertz CT molecular complexity index is 451. The molecule has 19 heavy (non-hydrogen) atoms. The molecule has 1 rings (SSSR count). The van der Waals surface area contributed by atoms with Gasteiger partial charge in [-0.05, 0) is 39.8 Å². The number of hydrogen-bond donors (Lipinski definition) is 1. The Morgan fingerprint density at radius 2 is 2.00 bits per heavy atom. The van der Waals surface area contributed by atoms with Crippen molar-refractivity contribution in [2.24, 2.45) is 0 Å². The normalized spacial score (nSPS) is 13.1. The molecule has 0 unspecified atom stereocenters. The maximum absolute atomic E-state index is 10.9. The summed E-state index contributed by atoms with van der Waals surface area (Å²) >= 11 is 0. The Kier molecular flexibility index (Phi) is 5.00. The fourth-order valence-corrected chi connectivity index (χ4v) is 1.45. The molecule has 2 radical (unpaired) electrons. The molecule has 0 saturated heterocycles. The van der Waals surface area contributed by atoms with Crippen molar-refractivity contribution < 1.29 is 19.4 Å².